The molecule has 0 saturated carbocycles. The summed E-state index contributed by atoms with van der Waals surface area (Å²) in [4.78, 5) is 0.270. The van der Waals surface area contributed by atoms with Crippen molar-refractivity contribution >= 4 is 58.6 Å². The van der Waals surface area contributed by atoms with Crippen molar-refractivity contribution in [2.45, 2.75) is 0 Å². The van der Waals surface area contributed by atoms with E-state index in [1.165, 1.54) is 0 Å². The predicted octanol–water partition coefficient (Wildman–Crippen LogP) is 5.99. The molecule has 3 aromatic rings. The Morgan fingerprint density at radius 2 is 1.70 bits per heavy atom. The second-order valence-electron chi connectivity index (χ2n) is 4.13. The molecule has 2 aromatic carbocycles. The lowest BCUT2D eigenvalue weighted by molar-refractivity contribution is 0.537. The quantitative estimate of drug-likeness (QED) is 0.507. The fourth-order valence-corrected chi connectivity index (χ4v) is 2.99. The number of aromatic nitrogens is 1. The average molecular weight is 340 g/mol. The van der Waals surface area contributed by atoms with Gasteiger partial charge in [0.2, 0.25) is 0 Å². The first-order valence-electron chi connectivity index (χ1n) is 5.67. The summed E-state index contributed by atoms with van der Waals surface area (Å²) in [5, 5.41) is 1.93. The van der Waals surface area contributed by atoms with E-state index in [2.05, 4.69) is 0 Å². The number of nitrogens with zero attached hydrogens (tertiary/aromatic N) is 1. The second kappa shape index (κ2) is 5.30. The molecule has 0 fully saturated rings. The summed E-state index contributed by atoms with van der Waals surface area (Å²) in [5.41, 5.74) is 1.38. The molecule has 0 aliphatic carbocycles. The Bertz CT molecular complexity index is 930. The van der Waals surface area contributed by atoms with E-state index in [1.807, 2.05) is 12.1 Å². The molecule has 100 valence electrons. The third-order valence-corrected chi connectivity index (χ3v) is 3.96. The molecule has 1 aromatic heterocycles. The molecule has 20 heavy (non-hydrogen) atoms. The number of halogens is 2. The van der Waals surface area contributed by atoms with Crippen molar-refractivity contribution in [3.05, 3.63) is 62.0 Å². The Morgan fingerprint density at radius 1 is 0.950 bits per heavy atom. The molecule has 0 radical (unpaired) electrons. The minimum atomic E-state index is 0.270. The summed E-state index contributed by atoms with van der Waals surface area (Å²) in [7, 11) is 0. The van der Waals surface area contributed by atoms with Gasteiger partial charge in [0.05, 0.1) is 11.1 Å². The molecule has 2 nitrogen and oxygen atoms in total. The van der Waals surface area contributed by atoms with Gasteiger partial charge in [-0.2, -0.15) is 0 Å². The van der Waals surface area contributed by atoms with Gasteiger partial charge in [0.15, 0.2) is 0 Å². The topological polar surface area (TPSA) is 18.1 Å². The highest BCUT2D eigenvalue weighted by Gasteiger charge is 2.07. The van der Waals surface area contributed by atoms with Crippen LogP contribution in [0.2, 0.25) is 10.0 Å². The lowest BCUT2D eigenvalue weighted by atomic mass is 10.2. The summed E-state index contributed by atoms with van der Waals surface area (Å²) >= 11 is 22.8. The van der Waals surface area contributed by atoms with Gasteiger partial charge in [-0.3, -0.25) is 4.57 Å². The highest BCUT2D eigenvalue weighted by molar-refractivity contribution is 7.72. The van der Waals surface area contributed by atoms with Crippen molar-refractivity contribution in [3.63, 3.8) is 0 Å². The van der Waals surface area contributed by atoms with E-state index in [0.29, 0.717) is 20.3 Å². The molecule has 6 heteroatoms. The predicted molar refractivity (Wildman–Crippen MR) is 87.2 cm³/mol. The van der Waals surface area contributed by atoms with Crippen LogP contribution in [-0.4, -0.2) is 4.57 Å². The third-order valence-electron chi connectivity index (χ3n) is 2.82. The van der Waals surface area contributed by atoms with E-state index in [0.717, 1.165) is 11.1 Å². The van der Waals surface area contributed by atoms with Gasteiger partial charge in [0.1, 0.15) is 10.2 Å². The van der Waals surface area contributed by atoms with E-state index in [9.17, 15) is 0 Å². The first-order valence-corrected chi connectivity index (χ1v) is 7.25. The Hall–Kier alpha value is -1.20. The van der Waals surface area contributed by atoms with E-state index in [-0.39, 0.29) is 4.84 Å². The largest absolute Gasteiger partial charge is 0.431 e. The van der Waals surface area contributed by atoms with Gasteiger partial charge in [0, 0.05) is 10.0 Å². The SMILES string of the molecule is S=c1oc2ccc(Cl)cc2c(=S)n1-c1cccc(Cl)c1. The van der Waals surface area contributed by atoms with Crippen LogP contribution >= 0.6 is 47.6 Å². The van der Waals surface area contributed by atoms with Crippen LogP contribution in [0.25, 0.3) is 16.7 Å². The molecule has 0 N–H and O–H groups in total. The van der Waals surface area contributed by atoms with Gasteiger partial charge >= 0.3 is 0 Å². The third kappa shape index (κ3) is 2.40. The van der Waals surface area contributed by atoms with E-state index >= 15 is 0 Å². The summed E-state index contributed by atoms with van der Waals surface area (Å²) in [5.74, 6) is 0. The number of benzene rings is 2. The number of fused-ring (bicyclic) bond motifs is 1. The maximum Gasteiger partial charge on any atom is 0.274 e. The maximum absolute atomic E-state index is 6.01. The summed E-state index contributed by atoms with van der Waals surface area (Å²) < 4.78 is 7.84. The molecule has 0 amide bonds. The standard InChI is InChI=1S/C14H7Cl2NOS2/c15-8-2-1-3-10(6-8)17-13(19)11-7-9(16)4-5-12(11)18-14(17)20/h1-7H. The zero-order valence-corrected chi connectivity index (χ0v) is 13.1. The van der Waals surface area contributed by atoms with Crippen LogP contribution in [0.15, 0.2) is 46.9 Å². The van der Waals surface area contributed by atoms with Crippen LogP contribution in [0.5, 0.6) is 0 Å². The number of hydrogen-bond donors (Lipinski definition) is 0. The van der Waals surface area contributed by atoms with Crippen LogP contribution in [0.4, 0.5) is 0 Å². The fraction of sp³-hybridized carbons (Fsp3) is 0. The van der Waals surface area contributed by atoms with Gasteiger partial charge in [-0.25, -0.2) is 0 Å². The van der Waals surface area contributed by atoms with Crippen LogP contribution < -0.4 is 0 Å². The molecule has 0 aliphatic heterocycles. The van der Waals surface area contributed by atoms with Gasteiger partial charge in [-0.05, 0) is 48.6 Å². The van der Waals surface area contributed by atoms with Gasteiger partial charge in [-0.15, -0.1) is 0 Å². The minimum absolute atomic E-state index is 0.270. The van der Waals surface area contributed by atoms with Crippen molar-refractivity contribution in [2.24, 2.45) is 0 Å². The van der Waals surface area contributed by atoms with Gasteiger partial charge in [-0.1, -0.05) is 41.5 Å². The summed E-state index contributed by atoms with van der Waals surface area (Å²) in [6, 6.07) is 12.5. The smallest absolute Gasteiger partial charge is 0.274 e. The second-order valence-corrected chi connectivity index (χ2v) is 5.74. The first kappa shape index (κ1) is 13.8. The molecule has 0 atom stereocenters. The Kier molecular flexibility index (Phi) is 3.65. The van der Waals surface area contributed by atoms with E-state index in [1.54, 1.807) is 34.9 Å². The van der Waals surface area contributed by atoms with Crippen LogP contribution in [-0.2, 0) is 0 Å². The molecule has 0 saturated heterocycles. The van der Waals surface area contributed by atoms with Crippen molar-refractivity contribution in [1.29, 1.82) is 0 Å². The van der Waals surface area contributed by atoms with E-state index in [4.69, 9.17) is 52.1 Å². The highest BCUT2D eigenvalue weighted by Crippen LogP contribution is 2.24. The van der Waals surface area contributed by atoms with Crippen molar-refractivity contribution < 1.29 is 4.42 Å². The van der Waals surface area contributed by atoms with Gasteiger partial charge in [0.25, 0.3) is 4.84 Å². The molecule has 1 heterocycles. The van der Waals surface area contributed by atoms with Crippen LogP contribution in [0.3, 0.4) is 0 Å². The van der Waals surface area contributed by atoms with E-state index < -0.39 is 0 Å². The van der Waals surface area contributed by atoms with Gasteiger partial charge < -0.3 is 4.42 Å². The van der Waals surface area contributed by atoms with Crippen molar-refractivity contribution in [3.8, 4) is 5.69 Å². The van der Waals surface area contributed by atoms with Crippen molar-refractivity contribution in [1.82, 2.24) is 4.57 Å². The molecule has 3 rings (SSSR count). The molecule has 0 aliphatic rings. The highest BCUT2D eigenvalue weighted by atomic mass is 35.5. The first-order chi connectivity index (χ1) is 9.56. The monoisotopic (exact) mass is 339 g/mol. The zero-order valence-electron chi connectivity index (χ0n) is 9.97. The Morgan fingerprint density at radius 3 is 2.45 bits per heavy atom. The van der Waals surface area contributed by atoms with Crippen molar-refractivity contribution in [2.75, 3.05) is 0 Å². The molecule has 0 bridgehead atoms. The summed E-state index contributed by atoms with van der Waals surface area (Å²) in [6.07, 6.45) is 0. The number of rotatable bonds is 1. The van der Waals surface area contributed by atoms with Crippen LogP contribution in [0.1, 0.15) is 0 Å². The normalized spacial score (nSPS) is 10.9. The average Bonchev–Trinajstić information content (AvgIpc) is 2.40. The maximum atomic E-state index is 6.01. The Labute approximate surface area is 135 Å². The summed E-state index contributed by atoms with van der Waals surface area (Å²) in [6.45, 7) is 0. The van der Waals surface area contributed by atoms with Crippen LogP contribution in [0, 0.1) is 9.48 Å². The molecule has 0 spiro atoms. The molecular formula is C14H7Cl2NOS2. The lowest BCUT2D eigenvalue weighted by Crippen LogP contribution is -1.99. The Balaban J connectivity index is 2.42. The lowest BCUT2D eigenvalue weighted by Gasteiger charge is -2.09. The zero-order chi connectivity index (χ0) is 14.3. The molecule has 0 unspecified atom stereocenters. The number of hydrogen-bond acceptors (Lipinski definition) is 3. The minimum Gasteiger partial charge on any atom is -0.431 e. The molecular weight excluding hydrogens is 333 g/mol. The fourth-order valence-electron chi connectivity index (χ4n) is 1.94.